The van der Waals surface area contributed by atoms with Crippen molar-refractivity contribution in [2.45, 2.75) is 19.4 Å². The van der Waals surface area contributed by atoms with Crippen molar-refractivity contribution in [3.8, 4) is 5.75 Å². The minimum Gasteiger partial charge on any atom is -0.483 e. The van der Waals surface area contributed by atoms with Crippen LogP contribution in [0.4, 0.5) is 15.8 Å². The number of amides is 2. The Balaban J connectivity index is 1.68. The molecule has 1 aromatic heterocycles. The average Bonchev–Trinajstić information content (AvgIpc) is 2.76. The second kappa shape index (κ2) is 7.96. The number of nitrogens with zero attached hydrogens (tertiary/aromatic N) is 3. The SMILES string of the molecule is CC1(C)C(=O)N(CCO)c2cc(F)ccc2N1C(=O)COc1cccc2cnccc12. The maximum Gasteiger partial charge on any atom is 0.265 e. The molecule has 0 fully saturated rings. The molecule has 2 heterocycles. The van der Waals surface area contributed by atoms with E-state index in [0.717, 1.165) is 10.8 Å². The summed E-state index contributed by atoms with van der Waals surface area (Å²) < 4.78 is 19.8. The highest BCUT2D eigenvalue weighted by Crippen LogP contribution is 2.41. The molecule has 0 aliphatic carbocycles. The molecule has 0 saturated heterocycles. The molecule has 0 saturated carbocycles. The Kier molecular flexibility index (Phi) is 5.32. The van der Waals surface area contributed by atoms with Gasteiger partial charge in [-0.05, 0) is 44.2 Å². The van der Waals surface area contributed by atoms with Crippen molar-refractivity contribution in [1.82, 2.24) is 4.98 Å². The zero-order valence-corrected chi connectivity index (χ0v) is 17.2. The Labute approximate surface area is 178 Å². The van der Waals surface area contributed by atoms with E-state index in [-0.39, 0.29) is 25.4 Å². The van der Waals surface area contributed by atoms with Gasteiger partial charge in [-0.3, -0.25) is 19.5 Å². The summed E-state index contributed by atoms with van der Waals surface area (Å²) in [6, 6.07) is 11.2. The highest BCUT2D eigenvalue weighted by atomic mass is 19.1. The molecule has 2 aromatic carbocycles. The largest absolute Gasteiger partial charge is 0.483 e. The molecule has 160 valence electrons. The van der Waals surface area contributed by atoms with Gasteiger partial charge in [0, 0.05) is 29.7 Å². The molecule has 2 amide bonds. The van der Waals surface area contributed by atoms with Crippen LogP contribution in [0.25, 0.3) is 10.8 Å². The Morgan fingerprint density at radius 3 is 2.77 bits per heavy atom. The van der Waals surface area contributed by atoms with Crippen LogP contribution in [-0.2, 0) is 9.59 Å². The number of ether oxygens (including phenoxy) is 1. The number of hydrogen-bond donors (Lipinski definition) is 1. The van der Waals surface area contributed by atoms with Gasteiger partial charge >= 0.3 is 0 Å². The number of rotatable bonds is 5. The second-order valence-electron chi connectivity index (χ2n) is 7.74. The summed E-state index contributed by atoms with van der Waals surface area (Å²) in [4.78, 5) is 33.1. The Hall–Kier alpha value is -3.52. The van der Waals surface area contributed by atoms with Crippen LogP contribution in [0, 0.1) is 5.82 Å². The minimum atomic E-state index is -1.25. The first kappa shape index (κ1) is 20.7. The number of carbonyl (C=O) groups is 2. The van der Waals surface area contributed by atoms with Crippen LogP contribution < -0.4 is 14.5 Å². The highest BCUT2D eigenvalue weighted by molar-refractivity contribution is 6.15. The van der Waals surface area contributed by atoms with Gasteiger partial charge in [-0.15, -0.1) is 0 Å². The fourth-order valence-corrected chi connectivity index (χ4v) is 3.93. The summed E-state index contributed by atoms with van der Waals surface area (Å²) in [6.07, 6.45) is 3.35. The highest BCUT2D eigenvalue weighted by Gasteiger charge is 2.47. The predicted octanol–water partition coefficient (Wildman–Crippen LogP) is 2.90. The third kappa shape index (κ3) is 3.59. The van der Waals surface area contributed by atoms with Crippen LogP contribution in [0.3, 0.4) is 0 Å². The van der Waals surface area contributed by atoms with E-state index >= 15 is 0 Å². The first-order valence-electron chi connectivity index (χ1n) is 9.85. The summed E-state index contributed by atoms with van der Waals surface area (Å²) in [5.41, 5.74) is -0.624. The van der Waals surface area contributed by atoms with Gasteiger partial charge in [-0.1, -0.05) is 12.1 Å². The molecule has 0 spiro atoms. The van der Waals surface area contributed by atoms with Gasteiger partial charge in [0.2, 0.25) is 0 Å². The zero-order chi connectivity index (χ0) is 22.2. The fraction of sp³-hybridized carbons (Fsp3) is 0.261. The first-order valence-corrected chi connectivity index (χ1v) is 9.85. The third-order valence-electron chi connectivity index (χ3n) is 5.36. The maximum atomic E-state index is 13.9. The Morgan fingerprint density at radius 2 is 2.00 bits per heavy atom. The summed E-state index contributed by atoms with van der Waals surface area (Å²) in [7, 11) is 0. The molecule has 0 atom stereocenters. The second-order valence-corrected chi connectivity index (χ2v) is 7.74. The maximum absolute atomic E-state index is 13.9. The molecule has 0 radical (unpaired) electrons. The van der Waals surface area contributed by atoms with Gasteiger partial charge in [0.25, 0.3) is 11.8 Å². The van der Waals surface area contributed by atoms with Crippen LogP contribution in [0.15, 0.2) is 54.9 Å². The van der Waals surface area contributed by atoms with Crippen molar-refractivity contribution >= 4 is 34.0 Å². The van der Waals surface area contributed by atoms with Gasteiger partial charge in [0.1, 0.15) is 17.1 Å². The summed E-state index contributed by atoms with van der Waals surface area (Å²) in [6.45, 7) is 2.64. The molecule has 3 aromatic rings. The van der Waals surface area contributed by atoms with E-state index in [9.17, 15) is 19.1 Å². The smallest absolute Gasteiger partial charge is 0.265 e. The molecule has 7 nitrogen and oxygen atoms in total. The van der Waals surface area contributed by atoms with Gasteiger partial charge in [-0.2, -0.15) is 0 Å². The van der Waals surface area contributed by atoms with Crippen LogP contribution in [0.2, 0.25) is 0 Å². The van der Waals surface area contributed by atoms with Crippen molar-refractivity contribution in [1.29, 1.82) is 0 Å². The molecule has 4 rings (SSSR count). The lowest BCUT2D eigenvalue weighted by molar-refractivity contribution is -0.129. The number of carbonyl (C=O) groups excluding carboxylic acids is 2. The molecule has 1 aliphatic heterocycles. The molecule has 8 heteroatoms. The van der Waals surface area contributed by atoms with E-state index in [4.69, 9.17) is 4.74 Å². The predicted molar refractivity (Wildman–Crippen MR) is 115 cm³/mol. The van der Waals surface area contributed by atoms with Crippen LogP contribution in [0.5, 0.6) is 5.75 Å². The number of pyridine rings is 1. The van der Waals surface area contributed by atoms with Crippen LogP contribution in [-0.4, -0.2) is 47.2 Å². The van der Waals surface area contributed by atoms with Crippen molar-refractivity contribution in [3.63, 3.8) is 0 Å². The quantitative estimate of drug-likeness (QED) is 0.682. The fourth-order valence-electron chi connectivity index (χ4n) is 3.93. The van der Waals surface area contributed by atoms with E-state index in [1.54, 1.807) is 38.4 Å². The first-order chi connectivity index (χ1) is 14.8. The van der Waals surface area contributed by atoms with E-state index < -0.39 is 23.2 Å². The number of fused-ring (bicyclic) bond motifs is 2. The number of halogens is 1. The van der Waals surface area contributed by atoms with Crippen molar-refractivity contribution < 1.29 is 23.8 Å². The number of aromatic nitrogens is 1. The summed E-state index contributed by atoms with van der Waals surface area (Å²) in [5, 5.41) is 11.1. The molecule has 0 bridgehead atoms. The van der Waals surface area contributed by atoms with Gasteiger partial charge in [0.05, 0.1) is 18.0 Å². The van der Waals surface area contributed by atoms with Crippen LogP contribution >= 0.6 is 0 Å². The number of aliphatic hydroxyl groups is 1. The molecule has 1 N–H and O–H groups in total. The minimum absolute atomic E-state index is 0.00128. The number of β-amino-alcohol motifs (C(OH)–C–C–N with tert-alkyl or cyclic N) is 1. The average molecular weight is 423 g/mol. The standard InChI is InChI=1S/C23H22FN3O4/c1-23(2)22(30)26(10-11-28)19-12-16(24)6-7-18(19)27(23)21(29)14-31-20-5-3-4-15-13-25-9-8-17(15)20/h3-9,12-13,28H,10-11,14H2,1-2H3. The van der Waals surface area contributed by atoms with E-state index in [1.165, 1.54) is 28.0 Å². The Bertz CT molecular complexity index is 1160. The van der Waals surface area contributed by atoms with Crippen molar-refractivity contribution in [2.75, 3.05) is 29.6 Å². The van der Waals surface area contributed by atoms with Crippen molar-refractivity contribution in [2.24, 2.45) is 0 Å². The Morgan fingerprint density at radius 1 is 1.19 bits per heavy atom. The van der Waals surface area contributed by atoms with E-state index in [2.05, 4.69) is 4.98 Å². The summed E-state index contributed by atoms with van der Waals surface area (Å²) >= 11 is 0. The van der Waals surface area contributed by atoms with Crippen molar-refractivity contribution in [3.05, 3.63) is 60.7 Å². The number of aliphatic hydroxyl groups excluding tert-OH is 1. The molecular weight excluding hydrogens is 401 g/mol. The van der Waals surface area contributed by atoms with Gasteiger partial charge in [0.15, 0.2) is 6.61 Å². The molecule has 31 heavy (non-hydrogen) atoms. The lowest BCUT2D eigenvalue weighted by Crippen LogP contribution is -2.63. The normalized spacial score (nSPS) is 15.2. The topological polar surface area (TPSA) is 83.0 Å². The van der Waals surface area contributed by atoms with Gasteiger partial charge in [-0.25, -0.2) is 4.39 Å². The zero-order valence-electron chi connectivity index (χ0n) is 17.2. The lowest BCUT2D eigenvalue weighted by Gasteiger charge is -2.46. The number of benzene rings is 2. The van der Waals surface area contributed by atoms with E-state index in [1.807, 2.05) is 12.1 Å². The summed E-state index contributed by atoms with van der Waals surface area (Å²) in [5.74, 6) is -0.872. The van der Waals surface area contributed by atoms with E-state index in [0.29, 0.717) is 11.4 Å². The molecule has 0 unspecified atom stereocenters. The molecule has 1 aliphatic rings. The van der Waals surface area contributed by atoms with Crippen LogP contribution in [0.1, 0.15) is 13.8 Å². The number of hydrogen-bond acceptors (Lipinski definition) is 5. The lowest BCUT2D eigenvalue weighted by atomic mass is 9.94. The number of anilines is 2. The third-order valence-corrected chi connectivity index (χ3v) is 5.36. The molecular formula is C23H22FN3O4. The monoisotopic (exact) mass is 423 g/mol. The van der Waals surface area contributed by atoms with Gasteiger partial charge < -0.3 is 14.7 Å².